The third-order valence-electron chi connectivity index (χ3n) is 3.78. The number of ether oxygens (including phenoxy) is 2. The Morgan fingerprint density at radius 3 is 2.92 bits per heavy atom. The number of hydrogen-bond donors (Lipinski definition) is 1. The maximum absolute atomic E-state index is 12.2. The van der Waals surface area contributed by atoms with E-state index in [2.05, 4.69) is 5.10 Å². The number of para-hydroxylation sites is 1. The zero-order valence-corrected chi connectivity index (χ0v) is 13.6. The van der Waals surface area contributed by atoms with Gasteiger partial charge in [-0.3, -0.25) is 4.79 Å². The number of nitrogens with zero attached hydrogens (tertiary/aromatic N) is 2. The van der Waals surface area contributed by atoms with Gasteiger partial charge in [0, 0.05) is 0 Å². The first kappa shape index (κ1) is 16.5. The first-order valence-electron chi connectivity index (χ1n) is 7.31. The Kier molecular flexibility index (Phi) is 4.55. The lowest BCUT2D eigenvalue weighted by molar-refractivity contribution is -0.143. The van der Waals surface area contributed by atoms with Crippen molar-refractivity contribution in [3.8, 4) is 5.69 Å². The Morgan fingerprint density at radius 1 is 1.50 bits per heavy atom. The van der Waals surface area contributed by atoms with Crippen LogP contribution in [0.25, 0.3) is 5.69 Å². The minimum atomic E-state index is -0.961. The van der Waals surface area contributed by atoms with E-state index < -0.39 is 24.1 Å². The van der Waals surface area contributed by atoms with Crippen LogP contribution in [0.3, 0.4) is 0 Å². The lowest BCUT2D eigenvalue weighted by Crippen LogP contribution is -2.28. The number of carbonyl (C=O) groups excluding carboxylic acids is 2. The van der Waals surface area contributed by atoms with Gasteiger partial charge in [-0.2, -0.15) is 5.10 Å². The number of halogens is 1. The van der Waals surface area contributed by atoms with E-state index in [-0.39, 0.29) is 18.6 Å². The van der Waals surface area contributed by atoms with Gasteiger partial charge in [0.2, 0.25) is 0 Å². The maximum Gasteiger partial charge on any atom is 0.341 e. The molecule has 1 aromatic carbocycles. The average Bonchev–Trinajstić information content (AvgIpc) is 3.08. The lowest BCUT2D eigenvalue weighted by atomic mass is 10.2. The summed E-state index contributed by atoms with van der Waals surface area (Å²) in [6, 6.07) is 7.13. The summed E-state index contributed by atoms with van der Waals surface area (Å²) >= 11 is 6.14. The van der Waals surface area contributed by atoms with E-state index in [0.717, 1.165) is 0 Å². The molecule has 2 heterocycles. The van der Waals surface area contributed by atoms with Gasteiger partial charge in [0.05, 0.1) is 29.0 Å². The number of rotatable bonds is 4. The molecule has 1 fully saturated rings. The van der Waals surface area contributed by atoms with E-state index in [1.165, 1.54) is 6.20 Å². The summed E-state index contributed by atoms with van der Waals surface area (Å²) in [5, 5.41) is 14.3. The fourth-order valence-corrected chi connectivity index (χ4v) is 2.67. The van der Waals surface area contributed by atoms with Crippen molar-refractivity contribution in [3.63, 3.8) is 0 Å². The third kappa shape index (κ3) is 3.13. The highest BCUT2D eigenvalue weighted by Gasteiger charge is 2.34. The number of aliphatic hydroxyl groups is 1. The first-order valence-corrected chi connectivity index (χ1v) is 7.69. The van der Waals surface area contributed by atoms with Crippen molar-refractivity contribution in [2.45, 2.75) is 25.6 Å². The molecular formula is C16H15ClN2O5. The molecule has 7 nitrogen and oxygen atoms in total. The lowest BCUT2D eigenvalue weighted by Gasteiger charge is -2.13. The van der Waals surface area contributed by atoms with Crippen LogP contribution in [0.2, 0.25) is 5.02 Å². The van der Waals surface area contributed by atoms with Gasteiger partial charge in [-0.1, -0.05) is 23.7 Å². The highest BCUT2D eigenvalue weighted by Crippen LogP contribution is 2.22. The van der Waals surface area contributed by atoms with Crippen molar-refractivity contribution in [2.24, 2.45) is 0 Å². The largest absolute Gasteiger partial charge is 0.458 e. The van der Waals surface area contributed by atoms with E-state index in [0.29, 0.717) is 16.4 Å². The summed E-state index contributed by atoms with van der Waals surface area (Å²) in [6.07, 6.45) is -0.498. The number of hydrogen-bond acceptors (Lipinski definition) is 6. The van der Waals surface area contributed by atoms with Crippen molar-refractivity contribution in [1.29, 1.82) is 0 Å². The molecule has 0 radical (unpaired) electrons. The molecule has 1 N–H and O–H groups in total. The van der Waals surface area contributed by atoms with Gasteiger partial charge in [0.25, 0.3) is 0 Å². The van der Waals surface area contributed by atoms with Crippen molar-refractivity contribution >= 4 is 23.5 Å². The zero-order chi connectivity index (χ0) is 17.3. The predicted octanol–water partition coefficient (Wildman–Crippen LogP) is 1.67. The monoisotopic (exact) mass is 350 g/mol. The second-order valence-electron chi connectivity index (χ2n) is 5.41. The smallest absolute Gasteiger partial charge is 0.341 e. The average molecular weight is 351 g/mol. The van der Waals surface area contributed by atoms with E-state index in [1.54, 1.807) is 29.8 Å². The third-order valence-corrected chi connectivity index (χ3v) is 4.10. The first-order chi connectivity index (χ1) is 11.5. The zero-order valence-electron chi connectivity index (χ0n) is 12.8. The quantitative estimate of drug-likeness (QED) is 0.843. The summed E-state index contributed by atoms with van der Waals surface area (Å²) in [5.41, 5.74) is 1.49. The van der Waals surface area contributed by atoms with E-state index >= 15 is 0 Å². The van der Waals surface area contributed by atoms with Crippen LogP contribution in [0.1, 0.15) is 22.5 Å². The highest BCUT2D eigenvalue weighted by atomic mass is 35.5. The van der Waals surface area contributed by atoms with Crippen LogP contribution in [-0.4, -0.2) is 45.6 Å². The standard InChI is InChI=1S/C16H15ClN2O5/c1-9-10(7-18-19(9)12-5-3-2-4-11(12)17)16(22)23-8-14-13(20)6-15(21)24-14/h2-5,7,13-14,20H,6,8H2,1H3/t13-,14+/m0/s1. The molecule has 0 aliphatic carbocycles. The van der Waals surface area contributed by atoms with Crippen molar-refractivity contribution in [3.05, 3.63) is 46.7 Å². The van der Waals surface area contributed by atoms with Gasteiger partial charge >= 0.3 is 11.9 Å². The maximum atomic E-state index is 12.2. The summed E-state index contributed by atoms with van der Waals surface area (Å²) in [4.78, 5) is 23.3. The van der Waals surface area contributed by atoms with E-state index in [1.807, 2.05) is 6.07 Å². The Balaban J connectivity index is 1.73. The molecule has 126 valence electrons. The number of esters is 2. The number of cyclic esters (lactones) is 1. The van der Waals surface area contributed by atoms with Crippen LogP contribution >= 0.6 is 11.6 Å². The van der Waals surface area contributed by atoms with Crippen LogP contribution in [-0.2, 0) is 14.3 Å². The molecule has 0 spiro atoms. The van der Waals surface area contributed by atoms with Crippen LogP contribution in [0.4, 0.5) is 0 Å². The minimum Gasteiger partial charge on any atom is -0.458 e. The molecule has 2 atom stereocenters. The molecule has 1 aliphatic rings. The summed E-state index contributed by atoms with van der Waals surface area (Å²) < 4.78 is 11.5. The fraction of sp³-hybridized carbons (Fsp3) is 0.312. The molecule has 1 aliphatic heterocycles. The van der Waals surface area contributed by atoms with Gasteiger partial charge in [0.15, 0.2) is 6.10 Å². The molecule has 0 bridgehead atoms. The second kappa shape index (κ2) is 6.62. The number of aliphatic hydroxyl groups excluding tert-OH is 1. The number of benzene rings is 1. The SMILES string of the molecule is Cc1c(C(=O)OC[C@H]2OC(=O)C[C@@H]2O)cnn1-c1ccccc1Cl. The van der Waals surface area contributed by atoms with Gasteiger partial charge in [-0.05, 0) is 19.1 Å². The molecule has 0 saturated carbocycles. The fourth-order valence-electron chi connectivity index (χ4n) is 2.45. The van der Waals surface area contributed by atoms with Crippen LogP contribution in [0.5, 0.6) is 0 Å². The van der Waals surface area contributed by atoms with Crippen LogP contribution in [0, 0.1) is 6.92 Å². The Labute approximate surface area is 142 Å². The molecule has 8 heteroatoms. The molecule has 0 amide bonds. The molecule has 24 heavy (non-hydrogen) atoms. The predicted molar refractivity (Wildman–Crippen MR) is 84.1 cm³/mol. The van der Waals surface area contributed by atoms with Crippen molar-refractivity contribution < 1.29 is 24.2 Å². The normalized spacial score (nSPS) is 20.0. The van der Waals surface area contributed by atoms with Gasteiger partial charge in [-0.25, -0.2) is 9.48 Å². The second-order valence-corrected chi connectivity index (χ2v) is 5.81. The Bertz CT molecular complexity index is 789. The molecule has 0 unspecified atom stereocenters. The molecule has 2 aromatic rings. The Hall–Kier alpha value is -2.38. The van der Waals surface area contributed by atoms with Crippen LogP contribution in [0.15, 0.2) is 30.5 Å². The Morgan fingerprint density at radius 2 is 2.25 bits per heavy atom. The molecule has 1 aromatic heterocycles. The summed E-state index contributed by atoms with van der Waals surface area (Å²) in [7, 11) is 0. The number of carbonyl (C=O) groups is 2. The molecule has 1 saturated heterocycles. The van der Waals surface area contributed by atoms with Crippen molar-refractivity contribution in [2.75, 3.05) is 6.61 Å². The highest BCUT2D eigenvalue weighted by molar-refractivity contribution is 6.32. The van der Waals surface area contributed by atoms with Gasteiger partial charge in [-0.15, -0.1) is 0 Å². The topological polar surface area (TPSA) is 90.7 Å². The van der Waals surface area contributed by atoms with Crippen molar-refractivity contribution in [1.82, 2.24) is 9.78 Å². The van der Waals surface area contributed by atoms with Gasteiger partial charge in [0.1, 0.15) is 18.3 Å². The minimum absolute atomic E-state index is 0.0916. The summed E-state index contributed by atoms with van der Waals surface area (Å²) in [6.45, 7) is 1.51. The molecular weight excluding hydrogens is 336 g/mol. The van der Waals surface area contributed by atoms with E-state index in [4.69, 9.17) is 21.1 Å². The number of aromatic nitrogens is 2. The van der Waals surface area contributed by atoms with Gasteiger partial charge < -0.3 is 14.6 Å². The van der Waals surface area contributed by atoms with E-state index in [9.17, 15) is 14.7 Å². The molecule has 3 rings (SSSR count). The summed E-state index contributed by atoms with van der Waals surface area (Å²) in [5.74, 6) is -1.12. The van der Waals surface area contributed by atoms with Crippen LogP contribution < -0.4 is 0 Å².